The van der Waals surface area contributed by atoms with Gasteiger partial charge < -0.3 is 0 Å². The fourth-order valence-corrected chi connectivity index (χ4v) is 2.15. The summed E-state index contributed by atoms with van der Waals surface area (Å²) in [5, 5.41) is 1.19. The van der Waals surface area contributed by atoms with Gasteiger partial charge in [-0.3, -0.25) is 4.98 Å². The smallest absolute Gasteiger partial charge is 0.0925 e. The van der Waals surface area contributed by atoms with Crippen LogP contribution in [0.3, 0.4) is 0 Å². The quantitative estimate of drug-likeness (QED) is 0.673. The Morgan fingerprint density at radius 3 is 2.61 bits per heavy atom. The van der Waals surface area contributed by atoms with Gasteiger partial charge in [0.2, 0.25) is 0 Å². The molecule has 0 fully saturated rings. The molecule has 0 radical (unpaired) electrons. The Bertz CT molecular complexity index is 675. The van der Waals surface area contributed by atoms with E-state index in [0.29, 0.717) is 0 Å². The van der Waals surface area contributed by atoms with Gasteiger partial charge in [-0.05, 0) is 36.2 Å². The predicted molar refractivity (Wildman–Crippen MR) is 74.4 cm³/mol. The number of nitrogens with zero attached hydrogens (tertiary/aromatic N) is 2. The Labute approximate surface area is 106 Å². The zero-order valence-corrected chi connectivity index (χ0v) is 10.3. The number of para-hydroxylation sites is 1. The Morgan fingerprint density at radius 1 is 1.00 bits per heavy atom. The van der Waals surface area contributed by atoms with Gasteiger partial charge in [-0.25, -0.2) is 4.98 Å². The van der Waals surface area contributed by atoms with Crippen molar-refractivity contribution in [2.24, 2.45) is 0 Å². The third-order valence-electron chi connectivity index (χ3n) is 3.09. The highest BCUT2D eigenvalue weighted by atomic mass is 14.8. The van der Waals surface area contributed by atoms with E-state index in [0.717, 1.165) is 23.3 Å². The minimum Gasteiger partial charge on any atom is -0.255 e. The molecule has 0 atom stereocenters. The Morgan fingerprint density at radius 2 is 1.83 bits per heavy atom. The number of hydrogen-bond donors (Lipinski definition) is 0. The van der Waals surface area contributed by atoms with Crippen molar-refractivity contribution in [1.29, 1.82) is 0 Å². The zero-order chi connectivity index (χ0) is 12.4. The minimum absolute atomic E-state index is 0.945. The standard InChI is InChI=1S/C16H14N2/c1-2-12-11-13-7-3-4-8-14(13)18-16(12)15-9-5-6-10-17-15/h3-11H,2H2,1H3. The second kappa shape index (κ2) is 4.57. The molecule has 0 saturated carbocycles. The Kier molecular flexibility index (Phi) is 2.77. The summed E-state index contributed by atoms with van der Waals surface area (Å²) in [6.07, 6.45) is 2.77. The van der Waals surface area contributed by atoms with Crippen LogP contribution in [0.5, 0.6) is 0 Å². The summed E-state index contributed by atoms with van der Waals surface area (Å²) in [5.41, 5.74) is 4.21. The first-order chi connectivity index (χ1) is 8.88. The van der Waals surface area contributed by atoms with E-state index in [1.54, 1.807) is 0 Å². The van der Waals surface area contributed by atoms with Crippen molar-refractivity contribution < 1.29 is 0 Å². The first kappa shape index (κ1) is 10.9. The molecule has 0 spiro atoms. The van der Waals surface area contributed by atoms with E-state index in [1.165, 1.54) is 10.9 Å². The summed E-state index contributed by atoms with van der Waals surface area (Å²) < 4.78 is 0. The zero-order valence-electron chi connectivity index (χ0n) is 10.3. The van der Waals surface area contributed by atoms with Crippen LogP contribution < -0.4 is 0 Å². The second-order valence-corrected chi connectivity index (χ2v) is 4.26. The highest BCUT2D eigenvalue weighted by Gasteiger charge is 2.08. The third kappa shape index (κ3) is 1.86. The van der Waals surface area contributed by atoms with Gasteiger partial charge in [0.25, 0.3) is 0 Å². The van der Waals surface area contributed by atoms with Gasteiger partial charge in [0.1, 0.15) is 0 Å². The van der Waals surface area contributed by atoms with Crippen molar-refractivity contribution >= 4 is 10.9 Å². The lowest BCUT2D eigenvalue weighted by Gasteiger charge is -2.08. The monoisotopic (exact) mass is 234 g/mol. The van der Waals surface area contributed by atoms with Crippen molar-refractivity contribution in [2.75, 3.05) is 0 Å². The molecule has 0 aliphatic carbocycles. The molecule has 2 aromatic heterocycles. The predicted octanol–water partition coefficient (Wildman–Crippen LogP) is 3.86. The SMILES string of the molecule is CCc1cc2ccccc2nc1-c1ccccn1. The molecule has 3 aromatic rings. The average molecular weight is 234 g/mol. The molecular formula is C16H14N2. The van der Waals surface area contributed by atoms with Gasteiger partial charge in [-0.15, -0.1) is 0 Å². The van der Waals surface area contributed by atoms with Crippen LogP contribution in [-0.4, -0.2) is 9.97 Å². The first-order valence-corrected chi connectivity index (χ1v) is 6.18. The minimum atomic E-state index is 0.945. The van der Waals surface area contributed by atoms with E-state index in [1.807, 2.05) is 42.6 Å². The molecule has 88 valence electrons. The van der Waals surface area contributed by atoms with Crippen LogP contribution in [0, 0.1) is 0 Å². The summed E-state index contributed by atoms with van der Waals surface area (Å²) in [4.78, 5) is 9.16. The van der Waals surface area contributed by atoms with Gasteiger partial charge in [0, 0.05) is 11.6 Å². The van der Waals surface area contributed by atoms with Crippen molar-refractivity contribution in [1.82, 2.24) is 9.97 Å². The van der Waals surface area contributed by atoms with E-state index >= 15 is 0 Å². The maximum Gasteiger partial charge on any atom is 0.0925 e. The van der Waals surface area contributed by atoms with Gasteiger partial charge in [0.15, 0.2) is 0 Å². The summed E-state index contributed by atoms with van der Waals surface area (Å²) in [5.74, 6) is 0. The van der Waals surface area contributed by atoms with E-state index in [9.17, 15) is 0 Å². The molecule has 0 saturated heterocycles. The number of hydrogen-bond acceptors (Lipinski definition) is 2. The van der Waals surface area contributed by atoms with E-state index in [-0.39, 0.29) is 0 Å². The number of aryl methyl sites for hydroxylation is 1. The molecular weight excluding hydrogens is 220 g/mol. The largest absolute Gasteiger partial charge is 0.255 e. The lowest BCUT2D eigenvalue weighted by molar-refractivity contribution is 1.11. The summed E-state index contributed by atoms with van der Waals surface area (Å²) in [6, 6.07) is 16.4. The first-order valence-electron chi connectivity index (χ1n) is 6.18. The number of pyridine rings is 2. The van der Waals surface area contributed by atoms with Crippen LogP contribution in [0.2, 0.25) is 0 Å². The molecule has 3 rings (SSSR count). The third-order valence-corrected chi connectivity index (χ3v) is 3.09. The lowest BCUT2D eigenvalue weighted by atomic mass is 10.0. The Balaban J connectivity index is 2.27. The number of fused-ring (bicyclic) bond motifs is 1. The van der Waals surface area contributed by atoms with Crippen LogP contribution in [-0.2, 0) is 6.42 Å². The van der Waals surface area contributed by atoms with Crippen LogP contribution in [0.4, 0.5) is 0 Å². The second-order valence-electron chi connectivity index (χ2n) is 4.26. The highest BCUT2D eigenvalue weighted by molar-refractivity contribution is 5.82. The molecule has 2 heterocycles. The molecule has 0 bridgehead atoms. The average Bonchev–Trinajstić information content (AvgIpc) is 2.46. The molecule has 0 amide bonds. The van der Waals surface area contributed by atoms with Gasteiger partial charge >= 0.3 is 0 Å². The molecule has 2 heteroatoms. The van der Waals surface area contributed by atoms with Crippen molar-refractivity contribution in [2.45, 2.75) is 13.3 Å². The maximum absolute atomic E-state index is 4.75. The van der Waals surface area contributed by atoms with Crippen LogP contribution >= 0.6 is 0 Å². The molecule has 0 unspecified atom stereocenters. The number of benzene rings is 1. The molecule has 18 heavy (non-hydrogen) atoms. The van der Waals surface area contributed by atoms with E-state index in [2.05, 4.69) is 24.0 Å². The molecule has 2 nitrogen and oxygen atoms in total. The van der Waals surface area contributed by atoms with Crippen LogP contribution in [0.25, 0.3) is 22.3 Å². The molecule has 0 aliphatic rings. The van der Waals surface area contributed by atoms with Crippen molar-refractivity contribution in [3.63, 3.8) is 0 Å². The van der Waals surface area contributed by atoms with Gasteiger partial charge in [0.05, 0.1) is 16.9 Å². The van der Waals surface area contributed by atoms with E-state index < -0.39 is 0 Å². The Hall–Kier alpha value is -2.22. The number of aromatic nitrogens is 2. The fourth-order valence-electron chi connectivity index (χ4n) is 2.15. The molecule has 1 aromatic carbocycles. The summed E-state index contributed by atoms with van der Waals surface area (Å²) in [7, 11) is 0. The van der Waals surface area contributed by atoms with Crippen LogP contribution in [0.15, 0.2) is 54.7 Å². The van der Waals surface area contributed by atoms with Gasteiger partial charge in [-0.2, -0.15) is 0 Å². The summed E-state index contributed by atoms with van der Waals surface area (Å²) >= 11 is 0. The fraction of sp³-hybridized carbons (Fsp3) is 0.125. The van der Waals surface area contributed by atoms with Crippen molar-refractivity contribution in [3.05, 3.63) is 60.3 Å². The van der Waals surface area contributed by atoms with Gasteiger partial charge in [-0.1, -0.05) is 31.2 Å². The summed E-state index contributed by atoms with van der Waals surface area (Å²) in [6.45, 7) is 2.15. The number of rotatable bonds is 2. The van der Waals surface area contributed by atoms with Crippen molar-refractivity contribution in [3.8, 4) is 11.4 Å². The maximum atomic E-state index is 4.75. The van der Waals surface area contributed by atoms with E-state index in [4.69, 9.17) is 4.98 Å². The molecule has 0 aliphatic heterocycles. The van der Waals surface area contributed by atoms with Crippen LogP contribution in [0.1, 0.15) is 12.5 Å². The normalized spacial score (nSPS) is 10.7. The highest BCUT2D eigenvalue weighted by Crippen LogP contribution is 2.24. The molecule has 0 N–H and O–H groups in total. The lowest BCUT2D eigenvalue weighted by Crippen LogP contribution is -1.94. The topological polar surface area (TPSA) is 25.8 Å².